The summed E-state index contributed by atoms with van der Waals surface area (Å²) in [5, 5.41) is 2.97. The number of nitrogens with one attached hydrogen (secondary N) is 1. The minimum absolute atomic E-state index is 0.189. The van der Waals surface area contributed by atoms with Crippen molar-refractivity contribution in [3.05, 3.63) is 59.3 Å². The lowest BCUT2D eigenvalue weighted by molar-refractivity contribution is 0.0340. The molecule has 6 nitrogen and oxygen atoms in total. The van der Waals surface area contributed by atoms with E-state index < -0.39 is 0 Å². The molecule has 0 aliphatic carbocycles. The summed E-state index contributed by atoms with van der Waals surface area (Å²) in [6.45, 7) is 4.77. The molecule has 1 aliphatic rings. The third-order valence-electron chi connectivity index (χ3n) is 4.26. The smallest absolute Gasteiger partial charge is 0.257 e. The highest BCUT2D eigenvalue weighted by Gasteiger charge is 2.15. The molecule has 1 N–H and O–H groups in total. The first-order valence-electron chi connectivity index (χ1n) is 8.42. The zero-order valence-corrected chi connectivity index (χ0v) is 14.4. The normalized spacial score (nSPS) is 14.9. The van der Waals surface area contributed by atoms with Gasteiger partial charge in [0.25, 0.3) is 5.91 Å². The molecule has 1 fully saturated rings. The van der Waals surface area contributed by atoms with E-state index in [0.29, 0.717) is 18.0 Å². The number of morpholine rings is 1. The molecule has 1 aliphatic heterocycles. The maximum absolute atomic E-state index is 12.4. The van der Waals surface area contributed by atoms with Crippen LogP contribution in [0.4, 0.5) is 0 Å². The molecule has 0 spiro atoms. The van der Waals surface area contributed by atoms with Gasteiger partial charge in [-0.3, -0.25) is 9.69 Å². The Labute approximate surface area is 147 Å². The minimum atomic E-state index is -0.189. The number of hydrogen-bond donors (Lipinski definition) is 1. The molecule has 25 heavy (non-hydrogen) atoms. The third kappa shape index (κ3) is 4.55. The Balaban J connectivity index is 1.65. The fourth-order valence-electron chi connectivity index (χ4n) is 2.88. The number of methoxy groups -OCH3 is 1. The number of pyridine rings is 1. The van der Waals surface area contributed by atoms with Gasteiger partial charge in [-0.15, -0.1) is 0 Å². The van der Waals surface area contributed by atoms with Crippen molar-refractivity contribution >= 4 is 5.91 Å². The average molecular weight is 341 g/mol. The number of hydrogen-bond acceptors (Lipinski definition) is 5. The molecule has 0 atom stereocenters. The van der Waals surface area contributed by atoms with Gasteiger partial charge in [0.1, 0.15) is 5.56 Å². The molecule has 6 heteroatoms. The van der Waals surface area contributed by atoms with Crippen LogP contribution < -0.4 is 10.1 Å². The summed E-state index contributed by atoms with van der Waals surface area (Å²) in [5.74, 6) is 0.146. The van der Waals surface area contributed by atoms with Crippen molar-refractivity contribution in [2.45, 2.75) is 13.1 Å². The summed E-state index contributed by atoms with van der Waals surface area (Å²) in [6.07, 6.45) is 1.60. The topological polar surface area (TPSA) is 63.7 Å². The van der Waals surface area contributed by atoms with E-state index in [-0.39, 0.29) is 5.91 Å². The van der Waals surface area contributed by atoms with E-state index in [2.05, 4.69) is 27.3 Å². The highest BCUT2D eigenvalue weighted by Crippen LogP contribution is 2.15. The fourth-order valence-corrected chi connectivity index (χ4v) is 2.88. The third-order valence-corrected chi connectivity index (χ3v) is 4.26. The Morgan fingerprint density at radius 2 is 1.96 bits per heavy atom. The maximum atomic E-state index is 12.4. The van der Waals surface area contributed by atoms with E-state index in [0.717, 1.165) is 38.4 Å². The summed E-state index contributed by atoms with van der Waals surface area (Å²) in [5.41, 5.74) is 2.78. The van der Waals surface area contributed by atoms with E-state index >= 15 is 0 Å². The number of ether oxygens (including phenoxy) is 2. The Hall–Kier alpha value is -2.44. The monoisotopic (exact) mass is 341 g/mol. The Morgan fingerprint density at radius 3 is 2.72 bits per heavy atom. The molecule has 0 radical (unpaired) electrons. The van der Waals surface area contributed by atoms with E-state index in [1.807, 2.05) is 12.1 Å². The molecule has 1 amide bonds. The van der Waals surface area contributed by atoms with Gasteiger partial charge in [0.15, 0.2) is 0 Å². The molecule has 3 rings (SSSR count). The van der Waals surface area contributed by atoms with E-state index in [9.17, 15) is 4.79 Å². The molecule has 0 bridgehead atoms. The molecule has 2 heterocycles. The summed E-state index contributed by atoms with van der Waals surface area (Å²) in [7, 11) is 1.51. The first-order chi connectivity index (χ1) is 12.3. The van der Waals surface area contributed by atoms with Gasteiger partial charge in [0.05, 0.1) is 20.3 Å². The zero-order valence-electron chi connectivity index (χ0n) is 14.4. The van der Waals surface area contributed by atoms with Crippen LogP contribution in [0.3, 0.4) is 0 Å². The Morgan fingerprint density at radius 1 is 1.20 bits per heavy atom. The van der Waals surface area contributed by atoms with Crippen LogP contribution in [0, 0.1) is 0 Å². The van der Waals surface area contributed by atoms with Crippen LogP contribution in [0.5, 0.6) is 5.88 Å². The fraction of sp³-hybridized carbons (Fsp3) is 0.368. The highest BCUT2D eigenvalue weighted by atomic mass is 16.5. The first-order valence-corrected chi connectivity index (χ1v) is 8.42. The zero-order chi connectivity index (χ0) is 17.5. The largest absolute Gasteiger partial charge is 0.480 e. The molecule has 0 unspecified atom stereocenters. The first kappa shape index (κ1) is 17.4. The van der Waals surface area contributed by atoms with E-state index in [4.69, 9.17) is 9.47 Å². The second kappa shape index (κ2) is 8.60. The predicted molar refractivity (Wildman–Crippen MR) is 94.5 cm³/mol. The van der Waals surface area contributed by atoms with Crippen LogP contribution in [-0.4, -0.2) is 49.2 Å². The van der Waals surface area contributed by atoms with Gasteiger partial charge in [-0.25, -0.2) is 4.98 Å². The maximum Gasteiger partial charge on any atom is 0.257 e. The number of benzene rings is 1. The number of rotatable bonds is 6. The van der Waals surface area contributed by atoms with Crippen molar-refractivity contribution in [1.82, 2.24) is 15.2 Å². The van der Waals surface area contributed by atoms with E-state index in [1.54, 1.807) is 18.3 Å². The van der Waals surface area contributed by atoms with Gasteiger partial charge in [0, 0.05) is 32.4 Å². The van der Waals surface area contributed by atoms with Crippen LogP contribution in [0.25, 0.3) is 0 Å². The number of amides is 1. The van der Waals surface area contributed by atoms with Gasteiger partial charge in [-0.05, 0) is 23.3 Å². The van der Waals surface area contributed by atoms with Gasteiger partial charge < -0.3 is 14.8 Å². The predicted octanol–water partition coefficient (Wildman–Crippen LogP) is 1.85. The number of aromatic nitrogens is 1. The SMILES string of the molecule is COc1ncccc1C(=O)NCc1ccccc1CN1CCOCC1. The lowest BCUT2D eigenvalue weighted by Gasteiger charge is -2.27. The van der Waals surface area contributed by atoms with Crippen molar-refractivity contribution in [1.29, 1.82) is 0 Å². The minimum Gasteiger partial charge on any atom is -0.480 e. The lowest BCUT2D eigenvalue weighted by Crippen LogP contribution is -2.36. The van der Waals surface area contributed by atoms with E-state index in [1.165, 1.54) is 12.7 Å². The Kier molecular flexibility index (Phi) is 5.98. The summed E-state index contributed by atoms with van der Waals surface area (Å²) >= 11 is 0. The molecule has 2 aromatic rings. The standard InChI is InChI=1S/C19H23N3O3/c1-24-19-17(7-4-8-20-19)18(23)21-13-15-5-2-3-6-16(15)14-22-9-11-25-12-10-22/h2-8H,9-14H2,1H3,(H,21,23). The molecule has 1 saturated heterocycles. The van der Waals surface area contributed by atoms with Crippen LogP contribution in [0.2, 0.25) is 0 Å². The summed E-state index contributed by atoms with van der Waals surface area (Å²) in [4.78, 5) is 18.9. The van der Waals surface area contributed by atoms with Crippen molar-refractivity contribution < 1.29 is 14.3 Å². The Bertz CT molecular complexity index is 715. The molecule has 1 aromatic carbocycles. The number of carbonyl (C=O) groups excluding carboxylic acids is 1. The second-order valence-electron chi connectivity index (χ2n) is 5.90. The van der Waals surface area contributed by atoms with Crippen molar-refractivity contribution in [2.75, 3.05) is 33.4 Å². The van der Waals surface area contributed by atoms with Crippen molar-refractivity contribution in [2.24, 2.45) is 0 Å². The average Bonchev–Trinajstić information content (AvgIpc) is 2.68. The number of nitrogens with zero attached hydrogens (tertiary/aromatic N) is 2. The lowest BCUT2D eigenvalue weighted by atomic mass is 10.1. The van der Waals surface area contributed by atoms with Crippen molar-refractivity contribution in [3.63, 3.8) is 0 Å². The van der Waals surface area contributed by atoms with Crippen LogP contribution in [0.15, 0.2) is 42.6 Å². The van der Waals surface area contributed by atoms with Crippen LogP contribution in [0.1, 0.15) is 21.5 Å². The van der Waals surface area contributed by atoms with Crippen LogP contribution >= 0.6 is 0 Å². The van der Waals surface area contributed by atoms with Gasteiger partial charge in [-0.1, -0.05) is 24.3 Å². The van der Waals surface area contributed by atoms with Crippen molar-refractivity contribution in [3.8, 4) is 5.88 Å². The highest BCUT2D eigenvalue weighted by molar-refractivity contribution is 5.96. The molecular formula is C19H23N3O3. The molecule has 132 valence electrons. The van der Waals surface area contributed by atoms with Crippen LogP contribution in [-0.2, 0) is 17.8 Å². The molecular weight excluding hydrogens is 318 g/mol. The molecule has 1 aromatic heterocycles. The quantitative estimate of drug-likeness (QED) is 0.869. The summed E-state index contributed by atoms with van der Waals surface area (Å²) < 4.78 is 10.6. The second-order valence-corrected chi connectivity index (χ2v) is 5.90. The van der Waals surface area contributed by atoms with Gasteiger partial charge >= 0.3 is 0 Å². The number of carbonyl (C=O) groups is 1. The molecule has 0 saturated carbocycles. The van der Waals surface area contributed by atoms with Gasteiger partial charge in [0.2, 0.25) is 5.88 Å². The summed E-state index contributed by atoms with van der Waals surface area (Å²) in [6, 6.07) is 11.6. The van der Waals surface area contributed by atoms with Gasteiger partial charge in [-0.2, -0.15) is 0 Å².